The van der Waals surface area contributed by atoms with Gasteiger partial charge in [-0.3, -0.25) is 9.69 Å². The second-order valence-electron chi connectivity index (χ2n) is 7.92. The number of anilines is 1. The average molecular weight is 422 g/mol. The van der Waals surface area contributed by atoms with Crippen LogP contribution in [-0.4, -0.2) is 51.5 Å². The van der Waals surface area contributed by atoms with E-state index >= 15 is 0 Å². The molecular weight excluding hydrogens is 393 g/mol. The smallest absolute Gasteiger partial charge is 0.228 e. The van der Waals surface area contributed by atoms with E-state index in [1.54, 1.807) is 23.0 Å². The van der Waals surface area contributed by atoms with E-state index in [1.165, 1.54) is 17.7 Å². The zero-order valence-corrected chi connectivity index (χ0v) is 17.8. The van der Waals surface area contributed by atoms with Gasteiger partial charge in [0.1, 0.15) is 5.82 Å². The van der Waals surface area contributed by atoms with Crippen LogP contribution >= 0.6 is 0 Å². The van der Waals surface area contributed by atoms with Crippen molar-refractivity contribution in [1.82, 2.24) is 19.9 Å². The van der Waals surface area contributed by atoms with E-state index in [1.807, 2.05) is 17.9 Å². The number of hydrogen-bond acceptors (Lipinski definition) is 4. The summed E-state index contributed by atoms with van der Waals surface area (Å²) in [6.07, 6.45) is 5.02. The minimum atomic E-state index is -0.300. The van der Waals surface area contributed by atoms with E-state index in [4.69, 9.17) is 0 Å². The molecule has 7 heteroatoms. The second-order valence-corrected chi connectivity index (χ2v) is 7.92. The normalized spacial score (nSPS) is 15.2. The molecule has 1 aliphatic heterocycles. The topological polar surface area (TPSA) is 54.3 Å². The van der Waals surface area contributed by atoms with Gasteiger partial charge >= 0.3 is 0 Å². The molecule has 0 bridgehead atoms. The summed E-state index contributed by atoms with van der Waals surface area (Å²) in [5.74, 6) is 0.304. The first kappa shape index (κ1) is 21.2. The summed E-state index contributed by atoms with van der Waals surface area (Å²) in [6.45, 7) is 4.81. The number of piperidine rings is 1. The number of carbonyl (C=O) groups excluding carboxylic acids is 1. The number of aromatic nitrogens is 3. The van der Waals surface area contributed by atoms with Gasteiger partial charge in [-0.25, -0.2) is 9.07 Å². The zero-order valence-electron chi connectivity index (χ0n) is 17.8. The van der Waals surface area contributed by atoms with Crippen molar-refractivity contribution in [2.45, 2.75) is 38.6 Å². The lowest BCUT2D eigenvalue weighted by atomic mass is 10.0. The molecule has 1 amide bonds. The maximum absolute atomic E-state index is 13.2. The number of amides is 1. The number of halogens is 1. The molecule has 0 radical (unpaired) electrons. The fraction of sp³-hybridized carbons (Fsp3) is 0.375. The number of benzene rings is 2. The summed E-state index contributed by atoms with van der Waals surface area (Å²) in [6, 6.07) is 16.7. The maximum atomic E-state index is 13.2. The maximum Gasteiger partial charge on any atom is 0.228 e. The lowest BCUT2D eigenvalue weighted by Crippen LogP contribution is -2.48. The molecule has 0 unspecified atom stereocenters. The van der Waals surface area contributed by atoms with Crippen molar-refractivity contribution in [3.05, 3.63) is 72.2 Å². The Kier molecular flexibility index (Phi) is 6.72. The number of likely N-dealkylation sites (tertiary alicyclic amines) is 1. The van der Waals surface area contributed by atoms with Crippen LogP contribution in [0.3, 0.4) is 0 Å². The van der Waals surface area contributed by atoms with Crippen LogP contribution in [0, 0.1) is 5.82 Å². The summed E-state index contributed by atoms with van der Waals surface area (Å²) in [4.78, 5) is 17.1. The van der Waals surface area contributed by atoms with Gasteiger partial charge in [0.25, 0.3) is 0 Å². The van der Waals surface area contributed by atoms with Crippen LogP contribution in [0.2, 0.25) is 0 Å². The third kappa shape index (κ3) is 5.17. The van der Waals surface area contributed by atoms with Gasteiger partial charge in [-0.05, 0) is 49.1 Å². The summed E-state index contributed by atoms with van der Waals surface area (Å²) < 4.78 is 14.8. The zero-order chi connectivity index (χ0) is 21.6. The van der Waals surface area contributed by atoms with Crippen molar-refractivity contribution < 1.29 is 9.18 Å². The van der Waals surface area contributed by atoms with E-state index in [-0.39, 0.29) is 17.8 Å². The first-order valence-electron chi connectivity index (χ1n) is 10.9. The third-order valence-corrected chi connectivity index (χ3v) is 5.87. The van der Waals surface area contributed by atoms with Crippen molar-refractivity contribution in [2.75, 3.05) is 24.5 Å². The van der Waals surface area contributed by atoms with Crippen LogP contribution in [0.4, 0.5) is 10.2 Å². The summed E-state index contributed by atoms with van der Waals surface area (Å²) in [5, 5.41) is 8.43. The molecular formula is C24H28FN5O. The molecule has 2 aromatic carbocycles. The Bertz CT molecular complexity index is 981. The van der Waals surface area contributed by atoms with Gasteiger partial charge in [0.15, 0.2) is 5.82 Å². The molecule has 0 atom stereocenters. The predicted octanol–water partition coefficient (Wildman–Crippen LogP) is 3.86. The van der Waals surface area contributed by atoms with Crippen molar-refractivity contribution in [2.24, 2.45) is 0 Å². The Morgan fingerprint density at radius 3 is 2.48 bits per heavy atom. The van der Waals surface area contributed by atoms with Gasteiger partial charge in [0, 0.05) is 32.1 Å². The number of carbonyl (C=O) groups is 1. The molecule has 1 saturated heterocycles. The van der Waals surface area contributed by atoms with E-state index in [9.17, 15) is 9.18 Å². The highest BCUT2D eigenvalue weighted by atomic mass is 19.1. The highest BCUT2D eigenvalue weighted by Gasteiger charge is 2.30. The van der Waals surface area contributed by atoms with Gasteiger partial charge in [-0.1, -0.05) is 42.5 Å². The quantitative estimate of drug-likeness (QED) is 0.581. The largest absolute Gasteiger partial charge is 0.303 e. The fourth-order valence-electron chi connectivity index (χ4n) is 4.11. The SMILES string of the molecule is CCC(=O)N(c1cn(-c2ccc(F)cc2)nn1)C1CCN(CCc2ccccc2)CC1. The Hall–Kier alpha value is -3.06. The molecule has 1 aromatic heterocycles. The molecule has 2 heterocycles. The number of rotatable bonds is 7. The van der Waals surface area contributed by atoms with Crippen molar-refractivity contribution >= 4 is 11.7 Å². The molecule has 1 fully saturated rings. The van der Waals surface area contributed by atoms with Gasteiger partial charge in [0.2, 0.25) is 5.91 Å². The summed E-state index contributed by atoms with van der Waals surface area (Å²) in [7, 11) is 0. The molecule has 0 spiro atoms. The molecule has 0 aliphatic carbocycles. The van der Waals surface area contributed by atoms with Crippen LogP contribution in [0.1, 0.15) is 31.7 Å². The second kappa shape index (κ2) is 9.83. The summed E-state index contributed by atoms with van der Waals surface area (Å²) >= 11 is 0. The lowest BCUT2D eigenvalue weighted by Gasteiger charge is -2.37. The van der Waals surface area contributed by atoms with Gasteiger partial charge < -0.3 is 4.90 Å². The van der Waals surface area contributed by atoms with Crippen molar-refractivity contribution in [3.63, 3.8) is 0 Å². The first-order chi connectivity index (χ1) is 15.1. The van der Waals surface area contributed by atoms with Crippen LogP contribution in [-0.2, 0) is 11.2 Å². The van der Waals surface area contributed by atoms with Crippen molar-refractivity contribution in [3.8, 4) is 5.69 Å². The molecule has 162 valence electrons. The van der Waals surface area contributed by atoms with E-state index in [2.05, 4.69) is 39.5 Å². The van der Waals surface area contributed by atoms with Crippen LogP contribution in [0.15, 0.2) is 60.8 Å². The van der Waals surface area contributed by atoms with Crippen LogP contribution < -0.4 is 4.90 Å². The number of nitrogens with zero attached hydrogens (tertiary/aromatic N) is 5. The fourth-order valence-corrected chi connectivity index (χ4v) is 4.11. The Labute approximate surface area is 182 Å². The summed E-state index contributed by atoms with van der Waals surface area (Å²) in [5.41, 5.74) is 2.06. The molecule has 1 aliphatic rings. The predicted molar refractivity (Wildman–Crippen MR) is 119 cm³/mol. The Balaban J connectivity index is 1.41. The monoisotopic (exact) mass is 421 g/mol. The first-order valence-corrected chi connectivity index (χ1v) is 10.9. The van der Waals surface area contributed by atoms with Gasteiger partial charge in [-0.15, -0.1) is 5.10 Å². The minimum Gasteiger partial charge on any atom is -0.303 e. The Morgan fingerprint density at radius 2 is 1.81 bits per heavy atom. The third-order valence-electron chi connectivity index (χ3n) is 5.87. The highest BCUT2D eigenvalue weighted by Crippen LogP contribution is 2.24. The Morgan fingerprint density at radius 1 is 1.10 bits per heavy atom. The molecule has 0 N–H and O–H groups in total. The highest BCUT2D eigenvalue weighted by molar-refractivity contribution is 5.92. The average Bonchev–Trinajstić information content (AvgIpc) is 3.29. The molecule has 6 nitrogen and oxygen atoms in total. The van der Waals surface area contributed by atoms with Gasteiger partial charge in [-0.2, -0.15) is 0 Å². The van der Waals surface area contributed by atoms with E-state index in [0.29, 0.717) is 17.9 Å². The standard InChI is InChI=1S/C24H28FN5O/c1-2-24(31)30(23-18-29(27-26-23)21-10-8-20(25)9-11-21)22-13-16-28(17-14-22)15-12-19-6-4-3-5-7-19/h3-11,18,22H,2,12-17H2,1H3. The molecule has 3 aromatic rings. The van der Waals surface area contributed by atoms with Crippen molar-refractivity contribution in [1.29, 1.82) is 0 Å². The van der Waals surface area contributed by atoms with E-state index in [0.717, 1.165) is 38.9 Å². The van der Waals surface area contributed by atoms with E-state index < -0.39 is 0 Å². The lowest BCUT2D eigenvalue weighted by molar-refractivity contribution is -0.119. The molecule has 4 rings (SSSR count). The number of hydrogen-bond donors (Lipinski definition) is 0. The minimum absolute atomic E-state index is 0.0499. The van der Waals surface area contributed by atoms with Crippen LogP contribution in [0.5, 0.6) is 0 Å². The molecule has 0 saturated carbocycles. The van der Waals surface area contributed by atoms with Gasteiger partial charge in [0.05, 0.1) is 11.9 Å². The molecule has 31 heavy (non-hydrogen) atoms. The van der Waals surface area contributed by atoms with Crippen LogP contribution in [0.25, 0.3) is 5.69 Å².